The van der Waals surface area contributed by atoms with Crippen molar-refractivity contribution in [3.8, 4) is 11.5 Å². The molecule has 0 spiro atoms. The highest BCUT2D eigenvalue weighted by molar-refractivity contribution is 5.94. The monoisotopic (exact) mass is 254 g/mol. The van der Waals surface area contributed by atoms with Gasteiger partial charge in [0.1, 0.15) is 0 Å². The number of anilines is 1. The Morgan fingerprint density at radius 1 is 1.39 bits per heavy atom. The molecule has 18 heavy (non-hydrogen) atoms. The van der Waals surface area contributed by atoms with Crippen LogP contribution in [0.25, 0.3) is 0 Å². The Bertz CT molecular complexity index is 473. The third kappa shape index (κ3) is 3.03. The van der Waals surface area contributed by atoms with E-state index in [0.29, 0.717) is 0 Å². The quantitative estimate of drug-likeness (QED) is 0.643. The highest BCUT2D eigenvalue weighted by Gasteiger charge is 2.15. The number of methoxy groups -OCH3 is 1. The van der Waals surface area contributed by atoms with Crippen molar-refractivity contribution in [3.63, 3.8) is 0 Å². The zero-order chi connectivity index (χ0) is 13.7. The van der Waals surface area contributed by atoms with E-state index in [9.17, 15) is 9.59 Å². The lowest BCUT2D eigenvalue weighted by Crippen LogP contribution is -2.25. The first-order valence-corrected chi connectivity index (χ1v) is 5.03. The molecule has 0 radical (unpaired) electrons. The topological polar surface area (TPSA) is 111 Å². The molecule has 0 aliphatic carbocycles. The summed E-state index contributed by atoms with van der Waals surface area (Å²) in [5.41, 5.74) is 5.51. The maximum absolute atomic E-state index is 11.1. The summed E-state index contributed by atoms with van der Waals surface area (Å²) < 4.78 is 10.2. The van der Waals surface area contributed by atoms with E-state index in [4.69, 9.17) is 20.3 Å². The van der Waals surface area contributed by atoms with Gasteiger partial charge in [-0.05, 0) is 0 Å². The molecule has 0 aromatic heterocycles. The number of rotatable bonds is 5. The minimum absolute atomic E-state index is 0.0617. The number of ether oxygens (including phenoxy) is 2. The molecule has 1 aromatic rings. The number of likely N-dealkylation sites (N-methyl/N-ethyl adjacent to an activating group) is 1. The van der Waals surface area contributed by atoms with Crippen LogP contribution >= 0.6 is 0 Å². The Labute approximate surface area is 103 Å². The van der Waals surface area contributed by atoms with Gasteiger partial charge in [0, 0.05) is 19.2 Å². The van der Waals surface area contributed by atoms with Crippen molar-refractivity contribution in [3.05, 3.63) is 17.7 Å². The Morgan fingerprint density at radius 3 is 2.56 bits per heavy atom. The molecule has 7 heteroatoms. The second-order valence-electron chi connectivity index (χ2n) is 3.36. The van der Waals surface area contributed by atoms with Gasteiger partial charge in [-0.2, -0.15) is 0 Å². The van der Waals surface area contributed by atoms with Crippen molar-refractivity contribution in [1.82, 2.24) is 5.32 Å². The molecule has 1 amide bonds. The van der Waals surface area contributed by atoms with Crippen LogP contribution in [-0.4, -0.2) is 37.7 Å². The Balaban J connectivity index is 3.04. The third-order valence-electron chi connectivity index (χ3n) is 2.20. The minimum atomic E-state index is -1.18. The Morgan fingerprint density at radius 2 is 2.06 bits per heavy atom. The summed E-state index contributed by atoms with van der Waals surface area (Å²) in [5.74, 6) is -1.11. The predicted octanol–water partition coefficient (Wildman–Crippen LogP) is 0.100. The second kappa shape index (κ2) is 5.76. The van der Waals surface area contributed by atoms with Crippen LogP contribution in [0.1, 0.15) is 10.4 Å². The average molecular weight is 254 g/mol. The fourth-order valence-corrected chi connectivity index (χ4v) is 1.25. The zero-order valence-electron chi connectivity index (χ0n) is 10.0. The molecule has 0 saturated heterocycles. The molecule has 0 atom stereocenters. The van der Waals surface area contributed by atoms with Crippen molar-refractivity contribution >= 4 is 17.6 Å². The molecule has 0 aliphatic rings. The number of carbonyl (C=O) groups is 2. The molecule has 0 saturated carbocycles. The number of benzene rings is 1. The molecule has 1 rings (SSSR count). The summed E-state index contributed by atoms with van der Waals surface area (Å²) >= 11 is 0. The lowest BCUT2D eigenvalue weighted by atomic mass is 10.1. The van der Waals surface area contributed by atoms with Gasteiger partial charge in [-0.3, -0.25) is 4.79 Å². The van der Waals surface area contributed by atoms with Crippen molar-refractivity contribution in [2.24, 2.45) is 0 Å². The van der Waals surface area contributed by atoms with Crippen LogP contribution in [0.5, 0.6) is 11.5 Å². The molecule has 1 aromatic carbocycles. The van der Waals surface area contributed by atoms with Crippen LogP contribution < -0.4 is 20.5 Å². The zero-order valence-corrected chi connectivity index (χ0v) is 10.0. The first-order chi connectivity index (χ1) is 8.49. The normalized spacial score (nSPS) is 9.67. The van der Waals surface area contributed by atoms with Gasteiger partial charge in [0.2, 0.25) is 0 Å². The largest absolute Gasteiger partial charge is 0.493 e. The Kier molecular flexibility index (Phi) is 4.36. The minimum Gasteiger partial charge on any atom is -0.493 e. The fourth-order valence-electron chi connectivity index (χ4n) is 1.25. The maximum atomic E-state index is 11.1. The second-order valence-corrected chi connectivity index (χ2v) is 3.36. The molecule has 0 aliphatic heterocycles. The van der Waals surface area contributed by atoms with E-state index in [1.54, 1.807) is 0 Å². The van der Waals surface area contributed by atoms with E-state index >= 15 is 0 Å². The Hall–Kier alpha value is -2.44. The molecule has 0 unspecified atom stereocenters. The van der Waals surface area contributed by atoms with E-state index in [1.165, 1.54) is 26.3 Å². The van der Waals surface area contributed by atoms with Gasteiger partial charge in [0.05, 0.1) is 18.4 Å². The summed E-state index contributed by atoms with van der Waals surface area (Å²) in [7, 11) is 2.86. The number of amides is 1. The molecular formula is C11H14N2O5. The lowest BCUT2D eigenvalue weighted by molar-refractivity contribution is -0.122. The van der Waals surface area contributed by atoms with Crippen LogP contribution in [0.3, 0.4) is 0 Å². The summed E-state index contributed by atoms with van der Waals surface area (Å²) in [5, 5.41) is 11.3. The van der Waals surface area contributed by atoms with Crippen molar-refractivity contribution < 1.29 is 24.2 Å². The van der Waals surface area contributed by atoms with Gasteiger partial charge in [-0.25, -0.2) is 4.79 Å². The van der Waals surface area contributed by atoms with E-state index in [0.717, 1.165) is 0 Å². The maximum Gasteiger partial charge on any atom is 0.337 e. The first-order valence-electron chi connectivity index (χ1n) is 5.03. The van der Waals surface area contributed by atoms with E-state index in [1.807, 2.05) is 0 Å². The summed E-state index contributed by atoms with van der Waals surface area (Å²) in [4.78, 5) is 22.0. The summed E-state index contributed by atoms with van der Waals surface area (Å²) in [6.45, 7) is -0.240. The van der Waals surface area contributed by atoms with Crippen LogP contribution in [0.2, 0.25) is 0 Å². The SMILES string of the molecule is CNC(=O)COc1cc(C(=O)O)c(N)cc1OC. The smallest absolute Gasteiger partial charge is 0.337 e. The molecule has 98 valence electrons. The van der Waals surface area contributed by atoms with Crippen LogP contribution in [0, 0.1) is 0 Å². The average Bonchev–Trinajstić information content (AvgIpc) is 2.35. The van der Waals surface area contributed by atoms with Crippen LogP contribution in [0.15, 0.2) is 12.1 Å². The van der Waals surface area contributed by atoms with Gasteiger partial charge in [-0.1, -0.05) is 0 Å². The number of hydrogen-bond donors (Lipinski definition) is 3. The van der Waals surface area contributed by atoms with Gasteiger partial charge in [0.25, 0.3) is 5.91 Å². The predicted molar refractivity (Wildman–Crippen MR) is 63.9 cm³/mol. The van der Waals surface area contributed by atoms with Crippen molar-refractivity contribution in [2.45, 2.75) is 0 Å². The van der Waals surface area contributed by atoms with Crippen molar-refractivity contribution in [2.75, 3.05) is 26.5 Å². The van der Waals surface area contributed by atoms with Gasteiger partial charge < -0.3 is 25.6 Å². The molecule has 0 bridgehead atoms. The highest BCUT2D eigenvalue weighted by Crippen LogP contribution is 2.32. The van der Waals surface area contributed by atoms with Gasteiger partial charge in [-0.15, -0.1) is 0 Å². The number of carbonyl (C=O) groups excluding carboxylic acids is 1. The number of carboxylic acid groups (broad SMARTS) is 1. The van der Waals surface area contributed by atoms with Crippen LogP contribution in [-0.2, 0) is 4.79 Å². The van der Waals surface area contributed by atoms with E-state index in [2.05, 4.69) is 5.32 Å². The highest BCUT2D eigenvalue weighted by atomic mass is 16.5. The number of hydrogen-bond acceptors (Lipinski definition) is 5. The number of nitrogens with one attached hydrogen (secondary N) is 1. The van der Waals surface area contributed by atoms with Crippen molar-refractivity contribution in [1.29, 1.82) is 0 Å². The number of nitrogens with two attached hydrogens (primary N) is 1. The summed E-state index contributed by atoms with van der Waals surface area (Å²) in [6.07, 6.45) is 0. The van der Waals surface area contributed by atoms with Gasteiger partial charge in [0.15, 0.2) is 18.1 Å². The molecule has 4 N–H and O–H groups in total. The van der Waals surface area contributed by atoms with Gasteiger partial charge >= 0.3 is 5.97 Å². The summed E-state index contributed by atoms with van der Waals surface area (Å²) in [6, 6.07) is 2.56. The molecule has 0 fully saturated rings. The number of carboxylic acids is 1. The number of aromatic carboxylic acids is 1. The van der Waals surface area contributed by atoms with Crippen LogP contribution in [0.4, 0.5) is 5.69 Å². The third-order valence-corrected chi connectivity index (χ3v) is 2.20. The molecular weight excluding hydrogens is 240 g/mol. The first kappa shape index (κ1) is 13.6. The van der Waals surface area contributed by atoms with E-state index < -0.39 is 5.97 Å². The van der Waals surface area contributed by atoms with E-state index in [-0.39, 0.29) is 35.3 Å². The molecule has 7 nitrogen and oxygen atoms in total. The number of nitrogen functional groups attached to an aromatic ring is 1. The lowest BCUT2D eigenvalue weighted by Gasteiger charge is -2.12. The fraction of sp³-hybridized carbons (Fsp3) is 0.273. The molecule has 0 heterocycles. The standard InChI is InChI=1S/C11H14N2O5/c1-13-10(14)5-18-9-3-6(11(15)16)7(12)4-8(9)17-2/h3-4H,5,12H2,1-2H3,(H,13,14)(H,15,16).